The lowest BCUT2D eigenvalue weighted by Crippen LogP contribution is -2.21. The molecule has 94 valence electrons. The zero-order chi connectivity index (χ0) is 13.0. The lowest BCUT2D eigenvalue weighted by atomic mass is 10.0. The highest BCUT2D eigenvalue weighted by Gasteiger charge is 2.18. The van der Waals surface area contributed by atoms with E-state index in [-0.39, 0.29) is 5.56 Å². The highest BCUT2D eigenvalue weighted by molar-refractivity contribution is 9.10. The largest absolute Gasteiger partial charge is 0.307 e. The smallest absolute Gasteiger partial charge is 0.132 e. The van der Waals surface area contributed by atoms with Gasteiger partial charge in [-0.05, 0) is 32.5 Å². The summed E-state index contributed by atoms with van der Waals surface area (Å²) in [6, 6.07) is 2.13. The molecule has 1 rings (SSSR count). The van der Waals surface area contributed by atoms with Crippen molar-refractivity contribution in [1.82, 2.24) is 5.32 Å². The molecule has 0 bridgehead atoms. The van der Waals surface area contributed by atoms with Crippen molar-refractivity contribution in [3.63, 3.8) is 0 Å². The molecule has 0 amide bonds. The first-order chi connectivity index (χ1) is 7.95. The number of likely N-dealkylation sites (N-methyl/N-ethyl adjacent to an activating group) is 1. The van der Waals surface area contributed by atoms with Crippen LogP contribution in [0.25, 0.3) is 0 Å². The van der Waals surface area contributed by atoms with Gasteiger partial charge in [0.05, 0.1) is 6.04 Å². The number of benzene rings is 1. The van der Waals surface area contributed by atoms with E-state index >= 15 is 0 Å². The van der Waals surface area contributed by atoms with E-state index in [9.17, 15) is 8.78 Å². The standard InChI is InChI=1S/C13H16BrF2N/c1-4-17-12(5-8(2)3)13-10(15)6-9(14)7-11(13)16/h5-7,12,17H,4H2,1-3H3. The number of rotatable bonds is 4. The minimum absolute atomic E-state index is 0.0660. The molecule has 1 N–H and O–H groups in total. The molecular weight excluding hydrogens is 288 g/mol. The summed E-state index contributed by atoms with van der Waals surface area (Å²) in [5, 5.41) is 3.06. The maximum Gasteiger partial charge on any atom is 0.132 e. The molecule has 17 heavy (non-hydrogen) atoms. The number of hydrogen-bond donors (Lipinski definition) is 1. The van der Waals surface area contributed by atoms with Crippen LogP contribution in [-0.2, 0) is 0 Å². The fourth-order valence-corrected chi connectivity index (χ4v) is 2.05. The van der Waals surface area contributed by atoms with E-state index in [0.717, 1.165) is 5.57 Å². The summed E-state index contributed by atoms with van der Waals surface area (Å²) in [4.78, 5) is 0. The number of allylic oxidation sites excluding steroid dienone is 1. The van der Waals surface area contributed by atoms with Gasteiger partial charge < -0.3 is 5.32 Å². The van der Waals surface area contributed by atoms with E-state index < -0.39 is 17.7 Å². The lowest BCUT2D eigenvalue weighted by Gasteiger charge is -2.17. The molecule has 1 unspecified atom stereocenters. The van der Waals surface area contributed by atoms with Gasteiger partial charge in [0.1, 0.15) is 11.6 Å². The number of halogens is 3. The van der Waals surface area contributed by atoms with Crippen molar-refractivity contribution in [3.8, 4) is 0 Å². The molecule has 0 aliphatic carbocycles. The topological polar surface area (TPSA) is 12.0 Å². The average Bonchev–Trinajstić information content (AvgIpc) is 2.14. The molecule has 0 fully saturated rings. The van der Waals surface area contributed by atoms with Crippen LogP contribution in [0.2, 0.25) is 0 Å². The van der Waals surface area contributed by atoms with E-state index in [0.29, 0.717) is 11.0 Å². The highest BCUT2D eigenvalue weighted by atomic mass is 79.9. The molecule has 1 atom stereocenters. The van der Waals surface area contributed by atoms with Gasteiger partial charge >= 0.3 is 0 Å². The summed E-state index contributed by atoms with van der Waals surface area (Å²) in [6.45, 7) is 6.35. The third kappa shape index (κ3) is 3.89. The first-order valence-electron chi connectivity index (χ1n) is 5.48. The summed E-state index contributed by atoms with van der Waals surface area (Å²) < 4.78 is 28.0. The zero-order valence-corrected chi connectivity index (χ0v) is 11.7. The predicted octanol–water partition coefficient (Wildman–Crippen LogP) is 4.34. The van der Waals surface area contributed by atoms with Gasteiger partial charge in [-0.1, -0.05) is 34.5 Å². The SMILES string of the molecule is CCNC(C=C(C)C)c1c(F)cc(Br)cc1F. The van der Waals surface area contributed by atoms with E-state index in [1.807, 2.05) is 26.8 Å². The molecule has 0 spiro atoms. The Kier molecular flexibility index (Phi) is 5.28. The maximum absolute atomic E-state index is 13.8. The second-order valence-electron chi connectivity index (χ2n) is 4.06. The molecule has 4 heteroatoms. The molecule has 1 nitrogen and oxygen atoms in total. The molecule has 0 aromatic heterocycles. The van der Waals surface area contributed by atoms with Crippen LogP contribution in [0.5, 0.6) is 0 Å². The molecule has 0 radical (unpaired) electrons. The van der Waals surface area contributed by atoms with Crippen molar-refractivity contribution in [1.29, 1.82) is 0 Å². The molecule has 0 saturated heterocycles. The molecule has 0 saturated carbocycles. The van der Waals surface area contributed by atoms with Crippen LogP contribution < -0.4 is 5.32 Å². The lowest BCUT2D eigenvalue weighted by molar-refractivity contribution is 0.514. The van der Waals surface area contributed by atoms with Gasteiger partial charge in [-0.25, -0.2) is 8.78 Å². The third-order valence-electron chi connectivity index (χ3n) is 2.28. The van der Waals surface area contributed by atoms with Crippen LogP contribution in [0.15, 0.2) is 28.3 Å². The van der Waals surface area contributed by atoms with Gasteiger partial charge in [-0.2, -0.15) is 0 Å². The Morgan fingerprint density at radius 3 is 2.29 bits per heavy atom. The molecule has 0 aliphatic rings. The average molecular weight is 304 g/mol. The van der Waals surface area contributed by atoms with Gasteiger partial charge in [0, 0.05) is 10.0 Å². The first-order valence-corrected chi connectivity index (χ1v) is 6.27. The van der Waals surface area contributed by atoms with Crippen LogP contribution in [0.4, 0.5) is 8.78 Å². The van der Waals surface area contributed by atoms with E-state index in [1.54, 1.807) is 0 Å². The number of nitrogens with one attached hydrogen (secondary N) is 1. The molecule has 0 aliphatic heterocycles. The van der Waals surface area contributed by atoms with E-state index in [1.165, 1.54) is 12.1 Å². The summed E-state index contributed by atoms with van der Waals surface area (Å²) >= 11 is 3.07. The van der Waals surface area contributed by atoms with Crippen molar-refractivity contribution in [3.05, 3.63) is 45.5 Å². The van der Waals surface area contributed by atoms with Crippen LogP contribution >= 0.6 is 15.9 Å². The Morgan fingerprint density at radius 2 is 1.88 bits per heavy atom. The molecule has 1 aromatic carbocycles. The van der Waals surface area contributed by atoms with Crippen LogP contribution in [-0.4, -0.2) is 6.54 Å². The minimum atomic E-state index is -0.541. The monoisotopic (exact) mass is 303 g/mol. The quantitative estimate of drug-likeness (QED) is 0.816. The summed E-state index contributed by atoms with van der Waals surface area (Å²) in [7, 11) is 0. The second-order valence-corrected chi connectivity index (χ2v) is 4.98. The van der Waals surface area contributed by atoms with Crippen molar-refractivity contribution < 1.29 is 8.78 Å². The summed E-state index contributed by atoms with van der Waals surface area (Å²) in [5.41, 5.74) is 1.08. The van der Waals surface area contributed by atoms with Gasteiger partial charge in [0.2, 0.25) is 0 Å². The van der Waals surface area contributed by atoms with Crippen molar-refractivity contribution in [2.24, 2.45) is 0 Å². The predicted molar refractivity (Wildman–Crippen MR) is 69.9 cm³/mol. The van der Waals surface area contributed by atoms with Gasteiger partial charge in [0.15, 0.2) is 0 Å². The zero-order valence-electron chi connectivity index (χ0n) is 10.2. The van der Waals surface area contributed by atoms with Crippen molar-refractivity contribution >= 4 is 15.9 Å². The highest BCUT2D eigenvalue weighted by Crippen LogP contribution is 2.26. The Bertz CT molecular complexity index is 402. The Balaban J connectivity index is 3.23. The fourth-order valence-electron chi connectivity index (χ4n) is 1.65. The van der Waals surface area contributed by atoms with Crippen LogP contribution in [0.3, 0.4) is 0 Å². The second kappa shape index (κ2) is 6.26. The van der Waals surface area contributed by atoms with Gasteiger partial charge in [-0.15, -0.1) is 0 Å². The van der Waals surface area contributed by atoms with E-state index in [4.69, 9.17) is 0 Å². The first kappa shape index (κ1) is 14.3. The molecule has 0 heterocycles. The van der Waals surface area contributed by atoms with Crippen LogP contribution in [0.1, 0.15) is 32.4 Å². The maximum atomic E-state index is 13.8. The summed E-state index contributed by atoms with van der Waals surface area (Å²) in [5.74, 6) is -1.08. The van der Waals surface area contributed by atoms with Crippen molar-refractivity contribution in [2.45, 2.75) is 26.8 Å². The van der Waals surface area contributed by atoms with Crippen LogP contribution in [0, 0.1) is 11.6 Å². The molecule has 1 aromatic rings. The molecular formula is C13H16BrF2N. The third-order valence-corrected chi connectivity index (χ3v) is 2.74. The number of hydrogen-bond acceptors (Lipinski definition) is 1. The Morgan fingerprint density at radius 1 is 1.35 bits per heavy atom. The Hall–Kier alpha value is -0.740. The Labute approximate surface area is 109 Å². The van der Waals surface area contributed by atoms with E-state index in [2.05, 4.69) is 21.2 Å². The fraction of sp³-hybridized carbons (Fsp3) is 0.385. The van der Waals surface area contributed by atoms with Crippen molar-refractivity contribution in [2.75, 3.05) is 6.54 Å². The summed E-state index contributed by atoms with van der Waals surface area (Å²) in [6.07, 6.45) is 1.82. The minimum Gasteiger partial charge on any atom is -0.307 e. The normalized spacial score (nSPS) is 12.4. The van der Waals surface area contributed by atoms with Gasteiger partial charge in [-0.3, -0.25) is 0 Å². The van der Waals surface area contributed by atoms with Gasteiger partial charge in [0.25, 0.3) is 0 Å².